The van der Waals surface area contributed by atoms with Gasteiger partial charge in [-0.15, -0.1) is 0 Å². The van der Waals surface area contributed by atoms with Gasteiger partial charge in [0, 0.05) is 35.1 Å². The van der Waals surface area contributed by atoms with Crippen LogP contribution >= 0.6 is 11.6 Å². The molecule has 2 N–H and O–H groups in total. The van der Waals surface area contributed by atoms with Crippen LogP contribution in [0.5, 0.6) is 5.75 Å². The Morgan fingerprint density at radius 2 is 1.67 bits per heavy atom. The van der Waals surface area contributed by atoms with Gasteiger partial charge in [-0.3, -0.25) is 4.79 Å². The number of carbonyl (C=O) groups excluding carboxylic acids is 1. The Balaban J connectivity index is 1.38. The number of aromatic nitrogens is 2. The van der Waals surface area contributed by atoms with E-state index in [9.17, 15) is 4.79 Å². The van der Waals surface area contributed by atoms with E-state index in [1.165, 1.54) is 0 Å². The van der Waals surface area contributed by atoms with Crippen LogP contribution in [0.25, 0.3) is 0 Å². The van der Waals surface area contributed by atoms with Gasteiger partial charge in [-0.2, -0.15) is 0 Å². The van der Waals surface area contributed by atoms with E-state index in [4.69, 9.17) is 16.3 Å². The fraction of sp³-hybridized carbons (Fsp3) is 0.261. The molecule has 0 aliphatic carbocycles. The Bertz CT molecular complexity index is 955. The molecule has 0 aliphatic rings. The van der Waals surface area contributed by atoms with Crippen molar-refractivity contribution in [2.75, 3.05) is 17.2 Å². The van der Waals surface area contributed by atoms with Crippen LogP contribution in [0.3, 0.4) is 0 Å². The van der Waals surface area contributed by atoms with E-state index in [0.717, 1.165) is 28.4 Å². The van der Waals surface area contributed by atoms with Crippen molar-refractivity contribution in [1.29, 1.82) is 0 Å². The van der Waals surface area contributed by atoms with Gasteiger partial charge >= 0.3 is 0 Å². The summed E-state index contributed by atoms with van der Waals surface area (Å²) in [5.74, 6) is 1.30. The molecule has 1 amide bonds. The number of halogens is 1. The molecule has 0 bridgehead atoms. The Morgan fingerprint density at radius 3 is 2.33 bits per heavy atom. The predicted molar refractivity (Wildman–Crippen MR) is 120 cm³/mol. The van der Waals surface area contributed by atoms with Crippen LogP contribution in [0.15, 0.2) is 54.6 Å². The first-order valence-corrected chi connectivity index (χ1v) is 10.2. The van der Waals surface area contributed by atoms with Crippen LogP contribution in [0, 0.1) is 13.8 Å². The normalized spacial score (nSPS) is 10.5. The molecule has 0 radical (unpaired) electrons. The second-order valence-corrected chi connectivity index (χ2v) is 7.43. The fourth-order valence-electron chi connectivity index (χ4n) is 2.86. The summed E-state index contributed by atoms with van der Waals surface area (Å²) >= 11 is 5.88. The van der Waals surface area contributed by atoms with Crippen LogP contribution in [-0.2, 0) is 11.4 Å². The summed E-state index contributed by atoms with van der Waals surface area (Å²) in [4.78, 5) is 20.8. The minimum atomic E-state index is -0.0343. The highest BCUT2D eigenvalue weighted by Crippen LogP contribution is 2.18. The number of benzene rings is 2. The summed E-state index contributed by atoms with van der Waals surface area (Å²) in [5.41, 5.74) is 3.62. The number of hydrogen-bond donors (Lipinski definition) is 2. The van der Waals surface area contributed by atoms with E-state index in [0.29, 0.717) is 37.0 Å². The van der Waals surface area contributed by atoms with Crippen molar-refractivity contribution < 1.29 is 9.53 Å². The van der Waals surface area contributed by atoms with Gasteiger partial charge < -0.3 is 15.4 Å². The van der Waals surface area contributed by atoms with E-state index >= 15 is 0 Å². The van der Waals surface area contributed by atoms with Crippen LogP contribution in [0.2, 0.25) is 5.02 Å². The largest absolute Gasteiger partial charge is 0.489 e. The number of rotatable bonds is 9. The molecule has 2 aromatic carbocycles. The van der Waals surface area contributed by atoms with Crippen molar-refractivity contribution in [2.24, 2.45) is 0 Å². The second-order valence-electron chi connectivity index (χ2n) is 6.99. The SMILES string of the molecule is Cc1cc(C)nc(NCCCC(=O)Nc2ccc(OCc3ccc(Cl)cc3)cc2)n1. The lowest BCUT2D eigenvalue weighted by molar-refractivity contribution is -0.116. The van der Waals surface area contributed by atoms with E-state index in [1.807, 2.05) is 68.4 Å². The number of nitrogens with zero attached hydrogens (tertiary/aromatic N) is 2. The van der Waals surface area contributed by atoms with Crippen molar-refractivity contribution in [2.45, 2.75) is 33.3 Å². The van der Waals surface area contributed by atoms with Gasteiger partial charge in [0.05, 0.1) is 0 Å². The zero-order valence-electron chi connectivity index (χ0n) is 17.1. The first kappa shape index (κ1) is 21.6. The lowest BCUT2D eigenvalue weighted by Gasteiger charge is -2.09. The maximum atomic E-state index is 12.1. The molecule has 0 aliphatic heterocycles. The third-order valence-electron chi connectivity index (χ3n) is 4.30. The third kappa shape index (κ3) is 7.04. The molecule has 0 saturated heterocycles. The first-order valence-electron chi connectivity index (χ1n) is 9.81. The molecule has 30 heavy (non-hydrogen) atoms. The second kappa shape index (κ2) is 10.6. The lowest BCUT2D eigenvalue weighted by Crippen LogP contribution is -2.14. The number of nitrogens with one attached hydrogen (secondary N) is 2. The van der Waals surface area contributed by atoms with Gasteiger partial charge in [0.25, 0.3) is 0 Å². The molecule has 1 aromatic heterocycles. The zero-order chi connectivity index (χ0) is 21.3. The smallest absolute Gasteiger partial charge is 0.224 e. The summed E-state index contributed by atoms with van der Waals surface area (Å²) in [6, 6.07) is 16.8. The van der Waals surface area contributed by atoms with Crippen molar-refractivity contribution in [3.05, 3.63) is 76.6 Å². The van der Waals surface area contributed by atoms with Crippen molar-refractivity contribution in [1.82, 2.24) is 9.97 Å². The zero-order valence-corrected chi connectivity index (χ0v) is 17.9. The molecule has 6 nitrogen and oxygen atoms in total. The van der Waals surface area contributed by atoms with Gasteiger partial charge in [-0.25, -0.2) is 9.97 Å². The lowest BCUT2D eigenvalue weighted by atomic mass is 10.2. The summed E-state index contributed by atoms with van der Waals surface area (Å²) in [6.07, 6.45) is 1.09. The molecule has 3 rings (SSSR count). The number of hydrogen-bond acceptors (Lipinski definition) is 5. The predicted octanol–water partition coefficient (Wildman–Crippen LogP) is 5.16. The number of anilines is 2. The van der Waals surface area contributed by atoms with Gasteiger partial charge in [-0.1, -0.05) is 23.7 Å². The standard InChI is InChI=1S/C23H25ClN4O2/c1-16-14-17(2)27-23(26-16)25-13-3-4-22(29)28-20-9-11-21(12-10-20)30-15-18-5-7-19(24)8-6-18/h5-12,14H,3-4,13,15H2,1-2H3,(H,28,29)(H,25,26,27). The quantitative estimate of drug-likeness (QED) is 0.464. The monoisotopic (exact) mass is 424 g/mol. The maximum Gasteiger partial charge on any atom is 0.224 e. The molecule has 0 fully saturated rings. The number of aryl methyl sites for hydroxylation is 2. The first-order chi connectivity index (χ1) is 14.5. The van der Waals surface area contributed by atoms with Crippen LogP contribution in [-0.4, -0.2) is 22.4 Å². The molecule has 1 heterocycles. The molecule has 7 heteroatoms. The minimum Gasteiger partial charge on any atom is -0.489 e. The highest BCUT2D eigenvalue weighted by Gasteiger charge is 2.04. The fourth-order valence-corrected chi connectivity index (χ4v) is 2.99. The van der Waals surface area contributed by atoms with Crippen LogP contribution in [0.1, 0.15) is 29.8 Å². The Labute approximate surface area is 181 Å². The Morgan fingerprint density at radius 1 is 1.00 bits per heavy atom. The topological polar surface area (TPSA) is 76.1 Å². The summed E-state index contributed by atoms with van der Waals surface area (Å²) in [5, 5.41) is 6.76. The van der Waals surface area contributed by atoms with E-state index < -0.39 is 0 Å². The summed E-state index contributed by atoms with van der Waals surface area (Å²) in [6.45, 7) is 4.95. The number of ether oxygens (including phenoxy) is 1. The summed E-state index contributed by atoms with van der Waals surface area (Å²) in [7, 11) is 0. The number of carbonyl (C=O) groups is 1. The van der Waals surface area contributed by atoms with Crippen molar-refractivity contribution in [3.63, 3.8) is 0 Å². The minimum absolute atomic E-state index is 0.0343. The van der Waals surface area contributed by atoms with E-state index in [-0.39, 0.29) is 5.91 Å². The van der Waals surface area contributed by atoms with Gasteiger partial charge in [0.1, 0.15) is 12.4 Å². The Kier molecular flexibility index (Phi) is 7.63. The molecule has 156 valence electrons. The van der Waals surface area contributed by atoms with Crippen molar-refractivity contribution >= 4 is 29.1 Å². The van der Waals surface area contributed by atoms with Gasteiger partial charge in [-0.05, 0) is 68.3 Å². The number of amides is 1. The maximum absolute atomic E-state index is 12.1. The average molecular weight is 425 g/mol. The molecular formula is C23H25ClN4O2. The van der Waals surface area contributed by atoms with Crippen molar-refractivity contribution in [3.8, 4) is 5.75 Å². The molecule has 0 unspecified atom stereocenters. The average Bonchev–Trinajstić information content (AvgIpc) is 2.71. The highest BCUT2D eigenvalue weighted by atomic mass is 35.5. The third-order valence-corrected chi connectivity index (χ3v) is 4.55. The molecule has 0 saturated carbocycles. The molecule has 3 aromatic rings. The Hall–Kier alpha value is -3.12. The van der Waals surface area contributed by atoms with Crippen LogP contribution in [0.4, 0.5) is 11.6 Å². The molecular weight excluding hydrogens is 400 g/mol. The van der Waals surface area contributed by atoms with Crippen LogP contribution < -0.4 is 15.4 Å². The van der Waals surface area contributed by atoms with E-state index in [2.05, 4.69) is 20.6 Å². The summed E-state index contributed by atoms with van der Waals surface area (Å²) < 4.78 is 5.75. The van der Waals surface area contributed by atoms with Gasteiger partial charge in [0.2, 0.25) is 11.9 Å². The molecule has 0 spiro atoms. The van der Waals surface area contributed by atoms with E-state index in [1.54, 1.807) is 0 Å². The van der Waals surface area contributed by atoms with Gasteiger partial charge in [0.15, 0.2) is 0 Å². The molecule has 0 atom stereocenters. The highest BCUT2D eigenvalue weighted by molar-refractivity contribution is 6.30.